The van der Waals surface area contributed by atoms with Gasteiger partial charge in [0.25, 0.3) is 0 Å². The molecule has 2 rings (SSSR count). The zero-order valence-electron chi connectivity index (χ0n) is 9.74. The molecule has 1 amide bonds. The number of nitrogens with one attached hydrogen (secondary N) is 3. The smallest absolute Gasteiger partial charge is 0.232 e. The van der Waals surface area contributed by atoms with Crippen molar-refractivity contribution in [3.8, 4) is 0 Å². The van der Waals surface area contributed by atoms with E-state index in [2.05, 4.69) is 30.2 Å². The molecule has 0 aliphatic heterocycles. The lowest BCUT2D eigenvalue weighted by molar-refractivity contribution is -0.115. The fourth-order valence-corrected chi connectivity index (χ4v) is 2.76. The summed E-state index contributed by atoms with van der Waals surface area (Å²) in [5.41, 5.74) is 0.466. The number of hydrogen-bond donors (Lipinski definition) is 3. The summed E-state index contributed by atoms with van der Waals surface area (Å²) in [5.74, 6) is -0.0809. The first-order valence-electron chi connectivity index (χ1n) is 5.00. The maximum absolute atomic E-state index is 11.6. The van der Waals surface area contributed by atoms with Crippen LogP contribution in [0, 0.1) is 0 Å². The lowest BCUT2D eigenvalue weighted by Crippen LogP contribution is -2.15. The topological polar surface area (TPSA) is 130 Å². The van der Waals surface area contributed by atoms with Crippen molar-refractivity contribution >= 4 is 38.3 Å². The van der Waals surface area contributed by atoms with Gasteiger partial charge in [0, 0.05) is 5.38 Å². The molecule has 0 bridgehead atoms. The highest BCUT2D eigenvalue weighted by Crippen LogP contribution is 2.16. The van der Waals surface area contributed by atoms with Crippen molar-refractivity contribution in [1.29, 1.82) is 0 Å². The number of hydrogen-bond acceptors (Lipinski definition) is 7. The Morgan fingerprint density at radius 3 is 2.95 bits per heavy atom. The molecule has 0 unspecified atom stereocenters. The zero-order valence-corrected chi connectivity index (χ0v) is 11.4. The van der Waals surface area contributed by atoms with Gasteiger partial charge < -0.3 is 0 Å². The van der Waals surface area contributed by atoms with E-state index in [0.29, 0.717) is 5.69 Å². The minimum absolute atomic E-state index is 0.0165. The van der Waals surface area contributed by atoms with E-state index in [-0.39, 0.29) is 23.4 Å². The number of amides is 1. The van der Waals surface area contributed by atoms with Crippen molar-refractivity contribution < 1.29 is 13.2 Å². The van der Waals surface area contributed by atoms with Crippen LogP contribution in [0.1, 0.15) is 5.69 Å². The van der Waals surface area contributed by atoms with Crippen molar-refractivity contribution in [2.75, 3.05) is 16.3 Å². The van der Waals surface area contributed by atoms with Crippen LogP contribution in [0.2, 0.25) is 0 Å². The van der Waals surface area contributed by atoms with Crippen molar-refractivity contribution in [3.05, 3.63) is 17.4 Å². The van der Waals surface area contributed by atoms with E-state index in [0.717, 1.165) is 17.6 Å². The summed E-state index contributed by atoms with van der Waals surface area (Å²) in [6, 6.07) is 0. The molecule has 0 saturated carbocycles. The summed E-state index contributed by atoms with van der Waals surface area (Å²) in [6.07, 6.45) is 2.32. The average molecular weight is 302 g/mol. The Balaban J connectivity index is 1.94. The van der Waals surface area contributed by atoms with Gasteiger partial charge in [0.05, 0.1) is 18.4 Å². The summed E-state index contributed by atoms with van der Waals surface area (Å²) < 4.78 is 24.2. The molecule has 0 atom stereocenters. The van der Waals surface area contributed by atoms with Gasteiger partial charge in [-0.05, 0) is 0 Å². The van der Waals surface area contributed by atoms with Crippen LogP contribution in [0.5, 0.6) is 0 Å². The van der Waals surface area contributed by atoms with Crippen molar-refractivity contribution in [1.82, 2.24) is 20.2 Å². The first-order valence-corrected chi connectivity index (χ1v) is 7.77. The van der Waals surface area contributed by atoms with Crippen LogP contribution in [-0.4, -0.2) is 40.7 Å². The van der Waals surface area contributed by atoms with Gasteiger partial charge in [-0.2, -0.15) is 10.1 Å². The Morgan fingerprint density at radius 2 is 2.32 bits per heavy atom. The third-order valence-corrected chi connectivity index (χ3v) is 3.34. The van der Waals surface area contributed by atoms with Crippen LogP contribution in [0.25, 0.3) is 0 Å². The number of aromatic amines is 1. The van der Waals surface area contributed by atoms with E-state index in [9.17, 15) is 13.2 Å². The molecule has 11 heteroatoms. The Kier molecular flexibility index (Phi) is 3.76. The SMILES string of the molecule is CS(=O)(=O)Nc1nc(CC(=O)Nc2ncn[nH]2)cs1. The van der Waals surface area contributed by atoms with Crippen LogP contribution in [0.3, 0.4) is 0 Å². The largest absolute Gasteiger partial charge is 0.295 e. The highest BCUT2D eigenvalue weighted by atomic mass is 32.2. The Morgan fingerprint density at radius 1 is 1.53 bits per heavy atom. The molecule has 19 heavy (non-hydrogen) atoms. The van der Waals surface area contributed by atoms with Crippen molar-refractivity contribution in [2.45, 2.75) is 6.42 Å². The lowest BCUT2D eigenvalue weighted by Gasteiger charge is -1.99. The molecule has 102 valence electrons. The first-order chi connectivity index (χ1) is 8.92. The highest BCUT2D eigenvalue weighted by molar-refractivity contribution is 7.92. The molecular weight excluding hydrogens is 292 g/mol. The number of carbonyl (C=O) groups is 1. The van der Waals surface area contributed by atoms with Crippen LogP contribution in [-0.2, 0) is 21.2 Å². The quantitative estimate of drug-likeness (QED) is 0.702. The number of aromatic nitrogens is 4. The van der Waals surface area contributed by atoms with Gasteiger partial charge in [-0.1, -0.05) is 0 Å². The van der Waals surface area contributed by atoms with Crippen molar-refractivity contribution in [2.24, 2.45) is 0 Å². The maximum Gasteiger partial charge on any atom is 0.232 e. The van der Waals surface area contributed by atoms with Gasteiger partial charge in [0.15, 0.2) is 5.13 Å². The van der Waals surface area contributed by atoms with Gasteiger partial charge >= 0.3 is 0 Å². The molecule has 0 spiro atoms. The second-order valence-electron chi connectivity index (χ2n) is 3.58. The van der Waals surface area contributed by atoms with E-state index in [1.807, 2.05) is 0 Å². The molecule has 2 aromatic heterocycles. The van der Waals surface area contributed by atoms with Gasteiger partial charge in [-0.25, -0.2) is 18.5 Å². The van der Waals surface area contributed by atoms with Gasteiger partial charge in [0.2, 0.25) is 21.9 Å². The molecule has 9 nitrogen and oxygen atoms in total. The molecule has 0 radical (unpaired) electrons. The minimum Gasteiger partial charge on any atom is -0.295 e. The predicted molar refractivity (Wildman–Crippen MR) is 69.3 cm³/mol. The predicted octanol–water partition coefficient (Wildman–Crippen LogP) is -0.186. The van der Waals surface area contributed by atoms with Gasteiger partial charge in [0.1, 0.15) is 6.33 Å². The number of thiazole rings is 1. The second kappa shape index (κ2) is 5.32. The molecule has 2 aromatic rings. The molecule has 0 aliphatic carbocycles. The summed E-state index contributed by atoms with van der Waals surface area (Å²) in [5, 5.41) is 10.4. The number of rotatable bonds is 5. The van der Waals surface area contributed by atoms with Crippen LogP contribution >= 0.6 is 11.3 Å². The Hall–Kier alpha value is -2.01. The Labute approximate surface area is 112 Å². The number of carbonyl (C=O) groups excluding carboxylic acids is 1. The van der Waals surface area contributed by atoms with E-state index in [1.165, 1.54) is 6.33 Å². The van der Waals surface area contributed by atoms with E-state index in [4.69, 9.17) is 0 Å². The highest BCUT2D eigenvalue weighted by Gasteiger charge is 2.11. The monoisotopic (exact) mass is 302 g/mol. The van der Waals surface area contributed by atoms with Crippen LogP contribution < -0.4 is 10.0 Å². The van der Waals surface area contributed by atoms with E-state index >= 15 is 0 Å². The fraction of sp³-hybridized carbons (Fsp3) is 0.250. The minimum atomic E-state index is -3.36. The summed E-state index contributed by atoms with van der Waals surface area (Å²) >= 11 is 1.11. The third-order valence-electron chi connectivity index (χ3n) is 1.84. The Bertz CT molecular complexity index is 662. The molecular formula is C8H10N6O3S2. The van der Waals surface area contributed by atoms with Crippen molar-refractivity contribution in [3.63, 3.8) is 0 Å². The van der Waals surface area contributed by atoms with Gasteiger partial charge in [-0.3, -0.25) is 14.8 Å². The van der Waals surface area contributed by atoms with E-state index < -0.39 is 10.0 Å². The third kappa shape index (κ3) is 4.30. The summed E-state index contributed by atoms with van der Waals surface area (Å²) in [7, 11) is -3.36. The number of nitrogens with zero attached hydrogens (tertiary/aromatic N) is 3. The molecule has 3 N–H and O–H groups in total. The average Bonchev–Trinajstić information content (AvgIpc) is 2.88. The summed E-state index contributed by atoms with van der Waals surface area (Å²) in [6.45, 7) is 0. The molecule has 0 aliphatic rings. The zero-order chi connectivity index (χ0) is 13.9. The van der Waals surface area contributed by atoms with E-state index in [1.54, 1.807) is 5.38 Å². The molecule has 0 aromatic carbocycles. The lowest BCUT2D eigenvalue weighted by atomic mass is 10.3. The first kappa shape index (κ1) is 13.4. The molecule has 0 saturated heterocycles. The number of anilines is 2. The summed E-state index contributed by atoms with van der Waals surface area (Å²) in [4.78, 5) is 19.3. The van der Waals surface area contributed by atoms with Gasteiger partial charge in [-0.15, -0.1) is 11.3 Å². The second-order valence-corrected chi connectivity index (χ2v) is 6.18. The normalized spacial score (nSPS) is 11.2. The van der Waals surface area contributed by atoms with Crippen LogP contribution in [0.15, 0.2) is 11.7 Å². The number of sulfonamides is 1. The standard InChI is InChI=1S/C8H10N6O3S2/c1-19(16,17)14-8-11-5(3-18-8)2-6(15)12-7-9-4-10-13-7/h3-4H,2H2,1H3,(H,11,14)(H2,9,10,12,13,15). The molecule has 2 heterocycles. The fourth-order valence-electron chi connectivity index (χ4n) is 1.20. The maximum atomic E-state index is 11.6. The number of H-pyrrole nitrogens is 1. The van der Waals surface area contributed by atoms with Crippen LogP contribution in [0.4, 0.5) is 11.1 Å². The molecule has 0 fully saturated rings.